The highest BCUT2D eigenvalue weighted by molar-refractivity contribution is 7.17. The molecule has 2 N–H and O–H groups in total. The SMILES string of the molecule is C=C(F)C(=O)NCCNc1nc(OC[C@@H]2CCCN2C)nc2nc(-c3cccc4sccc34)c(Cl)cc12. The maximum absolute atomic E-state index is 13.0. The molecule has 1 aliphatic heterocycles. The van der Waals surface area contributed by atoms with Crippen molar-refractivity contribution in [2.24, 2.45) is 0 Å². The average molecular weight is 541 g/mol. The van der Waals surface area contributed by atoms with Crippen LogP contribution in [0.2, 0.25) is 5.02 Å². The van der Waals surface area contributed by atoms with Gasteiger partial charge in [-0.3, -0.25) is 4.79 Å². The molecule has 192 valence electrons. The Bertz CT molecular complexity index is 1480. The number of rotatable bonds is 9. The molecule has 4 aromatic rings. The predicted molar refractivity (Wildman–Crippen MR) is 146 cm³/mol. The van der Waals surface area contributed by atoms with Gasteiger partial charge < -0.3 is 20.3 Å². The Labute approximate surface area is 222 Å². The molecule has 37 heavy (non-hydrogen) atoms. The molecule has 5 rings (SSSR count). The number of nitrogens with zero attached hydrogens (tertiary/aromatic N) is 4. The maximum Gasteiger partial charge on any atom is 0.320 e. The van der Waals surface area contributed by atoms with Crippen molar-refractivity contribution in [1.29, 1.82) is 0 Å². The smallest absolute Gasteiger partial charge is 0.320 e. The topological polar surface area (TPSA) is 92.3 Å². The molecule has 1 atom stereocenters. The van der Waals surface area contributed by atoms with Crippen molar-refractivity contribution in [2.45, 2.75) is 18.9 Å². The third-order valence-corrected chi connectivity index (χ3v) is 7.57. The number of likely N-dealkylation sites (tertiary alicyclic amines) is 1. The Morgan fingerprint density at radius 3 is 2.92 bits per heavy atom. The van der Waals surface area contributed by atoms with Crippen molar-refractivity contribution in [3.8, 4) is 17.3 Å². The molecule has 1 saturated heterocycles. The first kappa shape index (κ1) is 25.3. The molecular formula is C26H26ClFN6O2S. The number of ether oxygens (including phenoxy) is 1. The summed E-state index contributed by atoms with van der Waals surface area (Å²) in [6, 6.07) is 10.4. The summed E-state index contributed by atoms with van der Waals surface area (Å²) >= 11 is 8.39. The Balaban J connectivity index is 1.48. The monoisotopic (exact) mass is 540 g/mol. The number of aromatic nitrogens is 3. The van der Waals surface area contributed by atoms with Gasteiger partial charge in [0, 0.05) is 34.8 Å². The lowest BCUT2D eigenvalue weighted by molar-refractivity contribution is -0.118. The lowest BCUT2D eigenvalue weighted by Crippen LogP contribution is -2.31. The van der Waals surface area contributed by atoms with Crippen LogP contribution in [0, 0.1) is 0 Å². The quantitative estimate of drug-likeness (QED) is 0.227. The van der Waals surface area contributed by atoms with Crippen molar-refractivity contribution in [2.75, 3.05) is 38.6 Å². The summed E-state index contributed by atoms with van der Waals surface area (Å²) in [6.45, 7) is 4.94. The number of anilines is 1. The Kier molecular flexibility index (Phi) is 7.50. The summed E-state index contributed by atoms with van der Waals surface area (Å²) in [7, 11) is 2.08. The number of pyridine rings is 1. The molecule has 4 heterocycles. The van der Waals surface area contributed by atoms with E-state index in [9.17, 15) is 9.18 Å². The summed E-state index contributed by atoms with van der Waals surface area (Å²) in [5, 5.41) is 9.78. The molecule has 0 spiro atoms. The largest absolute Gasteiger partial charge is 0.462 e. The Morgan fingerprint density at radius 2 is 2.14 bits per heavy atom. The molecule has 1 fully saturated rings. The summed E-state index contributed by atoms with van der Waals surface area (Å²) < 4.78 is 20.1. The molecule has 0 radical (unpaired) electrons. The van der Waals surface area contributed by atoms with Crippen molar-refractivity contribution in [3.05, 3.63) is 53.1 Å². The van der Waals surface area contributed by atoms with Crippen LogP contribution in [0.25, 0.3) is 32.4 Å². The van der Waals surface area contributed by atoms with E-state index < -0.39 is 11.7 Å². The number of halogens is 2. The first-order chi connectivity index (χ1) is 17.9. The molecule has 8 nitrogen and oxygen atoms in total. The van der Waals surface area contributed by atoms with Crippen LogP contribution in [0.5, 0.6) is 6.01 Å². The number of thiophene rings is 1. The van der Waals surface area contributed by atoms with Gasteiger partial charge in [-0.15, -0.1) is 11.3 Å². The third-order valence-electron chi connectivity index (χ3n) is 6.40. The van der Waals surface area contributed by atoms with Gasteiger partial charge in [-0.2, -0.15) is 9.97 Å². The van der Waals surface area contributed by atoms with Crippen LogP contribution < -0.4 is 15.4 Å². The molecular weight excluding hydrogens is 515 g/mol. The van der Waals surface area contributed by atoms with Crippen molar-refractivity contribution < 1.29 is 13.9 Å². The van der Waals surface area contributed by atoms with Crippen LogP contribution >= 0.6 is 22.9 Å². The van der Waals surface area contributed by atoms with Gasteiger partial charge in [0.2, 0.25) is 0 Å². The molecule has 3 aromatic heterocycles. The zero-order valence-corrected chi connectivity index (χ0v) is 21.8. The van der Waals surface area contributed by atoms with Gasteiger partial charge in [0.25, 0.3) is 5.91 Å². The zero-order chi connectivity index (χ0) is 25.9. The fourth-order valence-corrected chi connectivity index (χ4v) is 5.48. The molecule has 1 aliphatic rings. The predicted octanol–water partition coefficient (Wildman–Crippen LogP) is 5.04. The van der Waals surface area contributed by atoms with Gasteiger partial charge in [0.05, 0.1) is 16.1 Å². The van der Waals surface area contributed by atoms with E-state index in [-0.39, 0.29) is 19.1 Å². The number of amides is 1. The third kappa shape index (κ3) is 5.51. The number of benzene rings is 1. The Morgan fingerprint density at radius 1 is 1.27 bits per heavy atom. The van der Waals surface area contributed by atoms with E-state index >= 15 is 0 Å². The minimum Gasteiger partial charge on any atom is -0.462 e. The van der Waals surface area contributed by atoms with Gasteiger partial charge in [-0.05, 0) is 50.0 Å². The van der Waals surface area contributed by atoms with Crippen LogP contribution in [0.4, 0.5) is 10.2 Å². The van der Waals surface area contributed by atoms with E-state index in [1.54, 1.807) is 17.4 Å². The van der Waals surface area contributed by atoms with Crippen LogP contribution in [-0.4, -0.2) is 65.1 Å². The fraction of sp³-hybridized carbons (Fsp3) is 0.308. The number of hydrogen-bond donors (Lipinski definition) is 2. The molecule has 0 saturated carbocycles. The van der Waals surface area contributed by atoms with E-state index in [0.29, 0.717) is 40.2 Å². The molecule has 0 unspecified atom stereocenters. The van der Waals surface area contributed by atoms with E-state index in [4.69, 9.17) is 21.3 Å². The number of fused-ring (bicyclic) bond motifs is 2. The normalized spacial score (nSPS) is 15.8. The average Bonchev–Trinajstić information content (AvgIpc) is 3.53. The van der Waals surface area contributed by atoms with E-state index in [1.165, 1.54) is 0 Å². The van der Waals surface area contributed by atoms with Crippen molar-refractivity contribution in [1.82, 2.24) is 25.2 Å². The second kappa shape index (κ2) is 11.0. The summed E-state index contributed by atoms with van der Waals surface area (Å²) in [4.78, 5) is 27.7. The number of nitrogens with one attached hydrogen (secondary N) is 2. The molecule has 0 aliphatic carbocycles. The minimum absolute atomic E-state index is 0.162. The summed E-state index contributed by atoms with van der Waals surface area (Å²) in [6.07, 6.45) is 2.18. The lowest BCUT2D eigenvalue weighted by Gasteiger charge is -2.19. The van der Waals surface area contributed by atoms with E-state index in [1.807, 2.05) is 17.5 Å². The van der Waals surface area contributed by atoms with E-state index in [0.717, 1.165) is 35.0 Å². The Hall–Kier alpha value is -3.34. The molecule has 1 aromatic carbocycles. The molecule has 11 heteroatoms. The van der Waals surface area contributed by atoms with Gasteiger partial charge >= 0.3 is 6.01 Å². The summed E-state index contributed by atoms with van der Waals surface area (Å²) in [5.41, 5.74) is 1.97. The minimum atomic E-state index is -1.04. The van der Waals surface area contributed by atoms with Crippen LogP contribution in [0.3, 0.4) is 0 Å². The fourth-order valence-electron chi connectivity index (χ4n) is 4.41. The van der Waals surface area contributed by atoms with Crippen molar-refractivity contribution in [3.63, 3.8) is 0 Å². The van der Waals surface area contributed by atoms with Gasteiger partial charge in [0.1, 0.15) is 12.4 Å². The highest BCUT2D eigenvalue weighted by Crippen LogP contribution is 2.37. The zero-order valence-electron chi connectivity index (χ0n) is 20.3. The number of likely N-dealkylation sites (N-methyl/N-ethyl adjacent to an activating group) is 1. The van der Waals surface area contributed by atoms with Gasteiger partial charge in [0.15, 0.2) is 11.5 Å². The van der Waals surface area contributed by atoms with Crippen LogP contribution in [0.1, 0.15) is 12.8 Å². The molecule has 0 bridgehead atoms. The van der Waals surface area contributed by atoms with Gasteiger partial charge in [-0.1, -0.05) is 30.3 Å². The first-order valence-corrected chi connectivity index (χ1v) is 13.2. The molecule has 1 amide bonds. The maximum atomic E-state index is 13.0. The lowest BCUT2D eigenvalue weighted by atomic mass is 10.1. The highest BCUT2D eigenvalue weighted by atomic mass is 35.5. The second-order valence-corrected chi connectivity index (χ2v) is 10.2. The number of carbonyl (C=O) groups excluding carboxylic acids is 1. The number of carbonyl (C=O) groups is 1. The van der Waals surface area contributed by atoms with Gasteiger partial charge in [-0.25, -0.2) is 9.37 Å². The number of hydrogen-bond acceptors (Lipinski definition) is 8. The standard InChI is InChI=1S/C26H26ClFN6O2S/c1-15(28)25(35)30-10-9-29-23-19-13-20(27)22(18-6-3-7-21-17(18)8-12-37-21)31-24(19)33-26(32-23)36-14-16-5-4-11-34(16)2/h3,6-8,12-13,16H,1,4-5,9-11,14H2,2H3,(H,30,35)(H,29,31,32,33)/t16-/m0/s1. The van der Waals surface area contributed by atoms with Crippen LogP contribution in [-0.2, 0) is 4.79 Å². The van der Waals surface area contributed by atoms with Crippen LogP contribution in [0.15, 0.2) is 48.1 Å². The second-order valence-electron chi connectivity index (χ2n) is 8.86. The highest BCUT2D eigenvalue weighted by Gasteiger charge is 2.22. The summed E-state index contributed by atoms with van der Waals surface area (Å²) in [5.74, 6) is -1.43. The first-order valence-electron chi connectivity index (χ1n) is 11.9. The van der Waals surface area contributed by atoms with E-state index in [2.05, 4.69) is 51.3 Å². The van der Waals surface area contributed by atoms with Crippen molar-refractivity contribution >= 4 is 55.8 Å².